The molecule has 46 heavy (non-hydrogen) atoms. The third-order valence-corrected chi connectivity index (χ3v) is 10.8. The highest BCUT2D eigenvalue weighted by Crippen LogP contribution is 2.34. The SMILES string of the molecule is CCCCCCCCCC[C@H](O)[C@H]1CC[C@@H]([C@@H]2CC[C@@H]([C@@H]3CC[C@@H](CCCCCCC[C@@H](O)CC4=CC(=O)O[C@H]4C)O3)OCO2)O1. The maximum atomic E-state index is 11.3. The van der Waals surface area contributed by atoms with E-state index < -0.39 is 6.10 Å². The van der Waals surface area contributed by atoms with E-state index in [-0.39, 0.29) is 48.7 Å². The molecule has 0 aromatic carbocycles. The quantitative estimate of drug-likeness (QED) is 0.0902. The molecular formula is C38H66O8. The fourth-order valence-corrected chi connectivity index (χ4v) is 7.87. The first-order chi connectivity index (χ1) is 22.4. The molecule has 4 heterocycles. The number of carbonyl (C=O) groups is 1. The van der Waals surface area contributed by atoms with E-state index in [0.717, 1.165) is 82.6 Å². The summed E-state index contributed by atoms with van der Waals surface area (Å²) in [5, 5.41) is 21.1. The first-order valence-corrected chi connectivity index (χ1v) is 19.2. The van der Waals surface area contributed by atoms with Gasteiger partial charge in [-0.2, -0.15) is 0 Å². The summed E-state index contributed by atoms with van der Waals surface area (Å²) < 4.78 is 30.2. The highest BCUT2D eigenvalue weighted by Gasteiger charge is 2.39. The van der Waals surface area contributed by atoms with E-state index in [9.17, 15) is 15.0 Å². The minimum absolute atomic E-state index is 0.0326. The zero-order valence-corrected chi connectivity index (χ0v) is 29.1. The molecule has 0 bridgehead atoms. The Morgan fingerprint density at radius 3 is 1.98 bits per heavy atom. The minimum atomic E-state index is -0.399. The highest BCUT2D eigenvalue weighted by molar-refractivity contribution is 5.85. The van der Waals surface area contributed by atoms with Crippen molar-refractivity contribution in [2.45, 2.75) is 216 Å². The van der Waals surface area contributed by atoms with Crippen molar-refractivity contribution in [3.8, 4) is 0 Å². The normalized spacial score (nSPS) is 31.5. The predicted molar refractivity (Wildman–Crippen MR) is 179 cm³/mol. The van der Waals surface area contributed by atoms with Crippen molar-refractivity contribution in [2.24, 2.45) is 0 Å². The second kappa shape index (κ2) is 21.1. The molecular weight excluding hydrogens is 584 g/mol. The lowest BCUT2D eigenvalue weighted by atomic mass is 9.98. The van der Waals surface area contributed by atoms with Crippen molar-refractivity contribution in [2.75, 3.05) is 6.79 Å². The first kappa shape index (κ1) is 37.8. The smallest absolute Gasteiger partial charge is 0.331 e. The van der Waals surface area contributed by atoms with Crippen LogP contribution in [0.15, 0.2) is 11.6 Å². The first-order valence-electron chi connectivity index (χ1n) is 19.2. The highest BCUT2D eigenvalue weighted by atomic mass is 16.7. The summed E-state index contributed by atoms with van der Waals surface area (Å²) >= 11 is 0. The van der Waals surface area contributed by atoms with Gasteiger partial charge in [0.2, 0.25) is 0 Å². The molecule has 0 spiro atoms. The minimum Gasteiger partial charge on any atom is -0.455 e. The Balaban J connectivity index is 1.01. The van der Waals surface area contributed by atoms with Crippen LogP contribution in [-0.2, 0) is 28.5 Å². The van der Waals surface area contributed by atoms with Gasteiger partial charge in [-0.25, -0.2) is 4.79 Å². The maximum absolute atomic E-state index is 11.3. The summed E-state index contributed by atoms with van der Waals surface area (Å²) in [6.07, 6.45) is 26.2. The Kier molecular flexibility index (Phi) is 17.4. The van der Waals surface area contributed by atoms with Gasteiger partial charge in [-0.05, 0) is 76.7 Å². The van der Waals surface area contributed by atoms with Crippen molar-refractivity contribution in [1.29, 1.82) is 0 Å². The van der Waals surface area contributed by atoms with Crippen molar-refractivity contribution < 1.29 is 38.7 Å². The van der Waals surface area contributed by atoms with Crippen LogP contribution in [-0.4, -0.2) is 77.9 Å². The molecule has 0 aromatic heterocycles. The van der Waals surface area contributed by atoms with Gasteiger partial charge in [0.25, 0.3) is 0 Å². The molecule has 4 aliphatic heterocycles. The number of rotatable bonds is 22. The van der Waals surface area contributed by atoms with Crippen LogP contribution in [0, 0.1) is 0 Å². The molecule has 0 saturated carbocycles. The van der Waals surface area contributed by atoms with Crippen LogP contribution in [0.25, 0.3) is 0 Å². The van der Waals surface area contributed by atoms with Gasteiger partial charge in [0.1, 0.15) is 12.9 Å². The van der Waals surface area contributed by atoms with E-state index in [2.05, 4.69) is 6.92 Å². The summed E-state index contributed by atoms with van der Waals surface area (Å²) in [5.41, 5.74) is 0.908. The lowest BCUT2D eigenvalue weighted by Gasteiger charge is -2.24. The summed E-state index contributed by atoms with van der Waals surface area (Å²) in [7, 11) is 0. The number of esters is 1. The van der Waals surface area contributed by atoms with E-state index in [1.807, 2.05) is 6.92 Å². The molecule has 9 atom stereocenters. The van der Waals surface area contributed by atoms with Gasteiger partial charge in [0, 0.05) is 6.08 Å². The second-order valence-electron chi connectivity index (χ2n) is 14.6. The number of aliphatic hydroxyl groups excluding tert-OH is 2. The Hall–Kier alpha value is -1.03. The number of unbranched alkanes of at least 4 members (excludes halogenated alkanes) is 11. The van der Waals surface area contributed by atoms with Crippen LogP contribution in [0.2, 0.25) is 0 Å². The summed E-state index contributed by atoms with van der Waals surface area (Å²) in [5.74, 6) is -0.291. The Labute approximate surface area is 279 Å². The van der Waals surface area contributed by atoms with E-state index >= 15 is 0 Å². The molecule has 8 heteroatoms. The van der Waals surface area contributed by atoms with Gasteiger partial charge in [-0.15, -0.1) is 0 Å². The fraction of sp³-hybridized carbons (Fsp3) is 0.921. The average molecular weight is 651 g/mol. The number of carbonyl (C=O) groups excluding carboxylic acids is 1. The molecule has 0 unspecified atom stereocenters. The molecule has 8 nitrogen and oxygen atoms in total. The van der Waals surface area contributed by atoms with Crippen molar-refractivity contribution >= 4 is 5.97 Å². The van der Waals surface area contributed by atoms with E-state index in [1.54, 1.807) is 0 Å². The molecule has 4 rings (SSSR count). The number of hydrogen-bond acceptors (Lipinski definition) is 8. The Bertz CT molecular complexity index is 879. The Morgan fingerprint density at radius 2 is 1.30 bits per heavy atom. The monoisotopic (exact) mass is 650 g/mol. The number of ether oxygens (including phenoxy) is 5. The predicted octanol–water partition coefficient (Wildman–Crippen LogP) is 7.85. The fourth-order valence-electron chi connectivity index (χ4n) is 7.87. The third kappa shape index (κ3) is 13.1. The van der Waals surface area contributed by atoms with E-state index in [1.165, 1.54) is 70.3 Å². The second-order valence-corrected chi connectivity index (χ2v) is 14.6. The largest absolute Gasteiger partial charge is 0.455 e. The molecule has 3 saturated heterocycles. The van der Waals surface area contributed by atoms with Crippen LogP contribution < -0.4 is 0 Å². The van der Waals surface area contributed by atoms with Crippen LogP contribution in [0.1, 0.15) is 162 Å². The number of cyclic esters (lactones) is 1. The van der Waals surface area contributed by atoms with Crippen molar-refractivity contribution in [3.05, 3.63) is 11.6 Å². The average Bonchev–Trinajstić information content (AvgIpc) is 3.75. The van der Waals surface area contributed by atoms with Gasteiger partial charge < -0.3 is 33.9 Å². The molecule has 266 valence electrons. The number of hydrogen-bond donors (Lipinski definition) is 2. The van der Waals surface area contributed by atoms with E-state index in [0.29, 0.717) is 19.3 Å². The standard InChI is InChI=1S/C38H66O8/c1-3-4-5-6-7-8-12-15-18-32(40)33-21-24-37(46-33)35-23-22-34(42-27-43-35)36-20-19-31(45-36)17-14-11-9-10-13-16-30(39)25-29-26-38(41)44-28(29)2/h26,28,30-37,39-40H,3-25,27H2,1-2H3/t28-,30+,31+,32-,33+,34-,35-,36-,37-/m0/s1. The van der Waals surface area contributed by atoms with Gasteiger partial charge in [0.05, 0.1) is 48.8 Å². The van der Waals surface area contributed by atoms with Gasteiger partial charge in [-0.1, -0.05) is 90.4 Å². The molecule has 4 aliphatic rings. The zero-order chi connectivity index (χ0) is 32.6. The van der Waals surface area contributed by atoms with Crippen molar-refractivity contribution in [1.82, 2.24) is 0 Å². The zero-order valence-electron chi connectivity index (χ0n) is 29.1. The summed E-state index contributed by atoms with van der Waals surface area (Å²) in [6.45, 7) is 4.41. The van der Waals surface area contributed by atoms with E-state index in [4.69, 9.17) is 23.7 Å². The topological polar surface area (TPSA) is 104 Å². The molecule has 2 N–H and O–H groups in total. The molecule has 0 radical (unpaired) electrons. The van der Waals surface area contributed by atoms with Gasteiger partial charge in [0.15, 0.2) is 0 Å². The lowest BCUT2D eigenvalue weighted by molar-refractivity contribution is -0.154. The molecule has 3 fully saturated rings. The van der Waals surface area contributed by atoms with Crippen LogP contribution in [0.4, 0.5) is 0 Å². The molecule has 0 amide bonds. The maximum Gasteiger partial charge on any atom is 0.331 e. The van der Waals surface area contributed by atoms with Gasteiger partial charge in [-0.3, -0.25) is 0 Å². The van der Waals surface area contributed by atoms with Crippen molar-refractivity contribution in [3.63, 3.8) is 0 Å². The van der Waals surface area contributed by atoms with Crippen LogP contribution in [0.5, 0.6) is 0 Å². The number of aliphatic hydroxyl groups is 2. The van der Waals surface area contributed by atoms with Crippen LogP contribution in [0.3, 0.4) is 0 Å². The van der Waals surface area contributed by atoms with Crippen LogP contribution >= 0.6 is 0 Å². The van der Waals surface area contributed by atoms with Gasteiger partial charge >= 0.3 is 5.97 Å². The summed E-state index contributed by atoms with van der Waals surface area (Å²) in [6, 6.07) is 0. The molecule has 0 aromatic rings. The Morgan fingerprint density at radius 1 is 0.717 bits per heavy atom. The lowest BCUT2D eigenvalue weighted by Crippen LogP contribution is -2.32. The molecule has 0 aliphatic carbocycles. The third-order valence-electron chi connectivity index (χ3n) is 10.8. The summed E-state index contributed by atoms with van der Waals surface area (Å²) in [4.78, 5) is 11.3.